The molecule has 25 heavy (non-hydrogen) atoms. The molecule has 13 heteroatoms. The zero-order valence-corrected chi connectivity index (χ0v) is 12.6. The lowest BCUT2D eigenvalue weighted by Gasteiger charge is -2.38. The van der Waals surface area contributed by atoms with Gasteiger partial charge in [0.05, 0.1) is 18.7 Å². The predicted molar refractivity (Wildman–Crippen MR) is 77.2 cm³/mol. The molecule has 11 nitrogen and oxygen atoms in total. The molecule has 0 spiro atoms. The van der Waals surface area contributed by atoms with E-state index in [1.807, 2.05) is 5.32 Å². The van der Waals surface area contributed by atoms with Crippen molar-refractivity contribution in [2.75, 3.05) is 6.61 Å². The van der Waals surface area contributed by atoms with Crippen molar-refractivity contribution in [3.63, 3.8) is 0 Å². The molecule has 1 aliphatic rings. The average Bonchev–Trinajstić information content (AvgIpc) is 2.53. The number of nitrogens with two attached hydrogens (primary N) is 2. The predicted octanol–water partition coefficient (Wildman–Crippen LogP) is -3.54. The summed E-state index contributed by atoms with van der Waals surface area (Å²) in [6, 6.07) is -2.94. The molecular weight excluding hydrogens is 350 g/mol. The van der Waals surface area contributed by atoms with Crippen LogP contribution >= 0.6 is 0 Å². The van der Waals surface area contributed by atoms with Crippen LogP contribution < -0.4 is 16.8 Å². The van der Waals surface area contributed by atoms with Crippen molar-refractivity contribution in [2.24, 2.45) is 16.5 Å². The van der Waals surface area contributed by atoms with Crippen molar-refractivity contribution in [3.8, 4) is 0 Å². The molecule has 0 aromatic heterocycles. The smallest absolute Gasteiger partial charge is 0.370 e. The summed E-state index contributed by atoms with van der Waals surface area (Å²) in [7, 11) is 0. The van der Waals surface area contributed by atoms with Crippen LogP contribution in [0, 0.1) is 0 Å². The number of hydrogen-bond acceptors (Lipinski definition) is 7. The molecule has 0 aliphatic carbocycles. The fraction of sp³-hybridized carbons (Fsp3) is 0.583. The van der Waals surface area contributed by atoms with Crippen LogP contribution in [0.3, 0.4) is 0 Å². The van der Waals surface area contributed by atoms with Crippen LogP contribution in [0.4, 0.5) is 8.78 Å². The summed E-state index contributed by atoms with van der Waals surface area (Å²) in [6.07, 6.45) is -8.09. The van der Waals surface area contributed by atoms with E-state index >= 15 is 0 Å². The van der Waals surface area contributed by atoms with Gasteiger partial charge in [-0.3, -0.25) is 4.79 Å². The van der Waals surface area contributed by atoms with Crippen molar-refractivity contribution >= 4 is 17.8 Å². The molecule has 0 aromatic rings. The summed E-state index contributed by atoms with van der Waals surface area (Å²) < 4.78 is 30.0. The number of hydrogen-bond donors (Lipinski definition) is 7. The number of carboxylic acids is 1. The van der Waals surface area contributed by atoms with Gasteiger partial charge in [-0.1, -0.05) is 0 Å². The summed E-state index contributed by atoms with van der Waals surface area (Å²) >= 11 is 0. The topological polar surface area (TPSA) is 201 Å². The van der Waals surface area contributed by atoms with Crippen molar-refractivity contribution in [3.05, 3.63) is 11.8 Å². The van der Waals surface area contributed by atoms with Crippen LogP contribution in [0.1, 0.15) is 0 Å². The van der Waals surface area contributed by atoms with Crippen LogP contribution in [0.25, 0.3) is 0 Å². The lowest BCUT2D eigenvalue weighted by molar-refractivity contribution is -0.147. The molecular formula is C12H18F2N4O7. The Bertz CT molecular complexity index is 568. The largest absolute Gasteiger partial charge is 0.478 e. The summed E-state index contributed by atoms with van der Waals surface area (Å²) in [5.41, 5.74) is 10.4. The number of amides is 1. The van der Waals surface area contributed by atoms with E-state index in [4.69, 9.17) is 26.4 Å². The molecule has 0 bridgehead atoms. The lowest BCUT2D eigenvalue weighted by Crippen LogP contribution is -2.60. The minimum absolute atomic E-state index is 0.555. The number of rotatable bonds is 7. The van der Waals surface area contributed by atoms with Gasteiger partial charge in [0.15, 0.2) is 5.96 Å². The molecule has 9 N–H and O–H groups in total. The second kappa shape index (κ2) is 8.55. The Hall–Kier alpha value is -2.51. The van der Waals surface area contributed by atoms with Gasteiger partial charge in [-0.25, -0.2) is 9.79 Å². The van der Waals surface area contributed by atoms with Gasteiger partial charge in [-0.2, -0.15) is 8.78 Å². The summed E-state index contributed by atoms with van der Waals surface area (Å²) in [6.45, 7) is -0.949. The molecule has 1 rings (SSSR count). The number of aliphatic hydroxyl groups is 3. The Balaban J connectivity index is 3.32. The quantitative estimate of drug-likeness (QED) is 0.175. The van der Waals surface area contributed by atoms with Crippen molar-refractivity contribution in [1.29, 1.82) is 0 Å². The van der Waals surface area contributed by atoms with E-state index in [2.05, 4.69) is 4.99 Å². The Kier molecular flexibility index (Phi) is 7.02. The summed E-state index contributed by atoms with van der Waals surface area (Å²) in [4.78, 5) is 26.1. The van der Waals surface area contributed by atoms with Crippen molar-refractivity contribution < 1.29 is 43.5 Å². The summed E-state index contributed by atoms with van der Waals surface area (Å²) in [5, 5.41) is 39.3. The molecule has 0 saturated carbocycles. The molecule has 142 valence electrons. The number of guanidine groups is 1. The number of halogens is 2. The minimum Gasteiger partial charge on any atom is -0.478 e. The number of aliphatic imine (C=N–C) groups is 1. The fourth-order valence-corrected chi connectivity index (χ4v) is 2.13. The second-order valence-electron chi connectivity index (χ2n) is 5.04. The number of nitrogens with zero attached hydrogens (tertiary/aromatic N) is 1. The highest BCUT2D eigenvalue weighted by atomic mass is 19.3. The Morgan fingerprint density at radius 3 is 2.40 bits per heavy atom. The van der Waals surface area contributed by atoms with Crippen molar-refractivity contribution in [1.82, 2.24) is 5.32 Å². The maximum absolute atomic E-state index is 12.5. The van der Waals surface area contributed by atoms with Crippen molar-refractivity contribution in [2.45, 2.75) is 36.8 Å². The first-order chi connectivity index (χ1) is 11.6. The molecule has 0 unspecified atom stereocenters. The number of carbonyl (C=O) groups excluding carboxylic acids is 1. The number of nitrogens with one attached hydrogen (secondary N) is 1. The second-order valence-corrected chi connectivity index (χ2v) is 5.04. The van der Waals surface area contributed by atoms with Gasteiger partial charge >= 0.3 is 12.4 Å². The number of aliphatic hydroxyl groups excluding tert-OH is 3. The van der Waals surface area contributed by atoms with Gasteiger partial charge in [0.25, 0.3) is 5.91 Å². The number of alkyl halides is 2. The highest BCUT2D eigenvalue weighted by molar-refractivity contribution is 5.85. The molecule has 0 saturated heterocycles. The van der Waals surface area contributed by atoms with Gasteiger partial charge < -0.3 is 41.9 Å². The van der Waals surface area contributed by atoms with Crippen LogP contribution in [0.15, 0.2) is 16.8 Å². The van der Waals surface area contributed by atoms with E-state index < -0.39 is 67.0 Å². The molecule has 0 fully saturated rings. The Morgan fingerprint density at radius 2 is 1.96 bits per heavy atom. The number of aliphatic carboxylic acids is 1. The van der Waals surface area contributed by atoms with E-state index in [9.17, 15) is 28.6 Å². The third-order valence-corrected chi connectivity index (χ3v) is 3.24. The molecule has 1 aliphatic heterocycles. The first kappa shape index (κ1) is 20.5. The Morgan fingerprint density at radius 1 is 1.36 bits per heavy atom. The summed E-state index contributed by atoms with van der Waals surface area (Å²) in [5.74, 6) is -4.65. The highest BCUT2D eigenvalue weighted by Gasteiger charge is 2.44. The van der Waals surface area contributed by atoms with E-state index in [1.54, 1.807) is 0 Å². The van der Waals surface area contributed by atoms with E-state index in [1.165, 1.54) is 0 Å². The van der Waals surface area contributed by atoms with Gasteiger partial charge in [0, 0.05) is 0 Å². The normalized spacial score (nSPS) is 25.4. The van der Waals surface area contributed by atoms with E-state index in [0.29, 0.717) is 0 Å². The number of ether oxygens (including phenoxy) is 1. The zero-order chi connectivity index (χ0) is 19.3. The van der Waals surface area contributed by atoms with Gasteiger partial charge in [-0.15, -0.1) is 0 Å². The van der Waals surface area contributed by atoms with Gasteiger partial charge in [0.1, 0.15) is 18.3 Å². The average molecular weight is 368 g/mol. The molecule has 1 amide bonds. The first-order valence-electron chi connectivity index (χ1n) is 6.84. The van der Waals surface area contributed by atoms with Crippen LogP contribution in [-0.4, -0.2) is 81.7 Å². The monoisotopic (exact) mass is 368 g/mol. The first-order valence-corrected chi connectivity index (χ1v) is 6.84. The number of carboxylic acid groups (broad SMARTS) is 1. The standard InChI is InChI=1S/C12H18F2N4O7/c13-9(14)10(22)18-6-3(17-12(15)16)1-5(11(23)24)25-8(6)7(21)4(20)2-19/h1,3-4,6-9,19-21H,2H2,(H,18,22)(H,23,24)(H4,15,16,17)/t3-,4+,6+,7+,8+/m0/s1. The minimum atomic E-state index is -3.43. The lowest BCUT2D eigenvalue weighted by atomic mass is 9.92. The van der Waals surface area contributed by atoms with E-state index in [-0.39, 0.29) is 0 Å². The molecule has 5 atom stereocenters. The maximum atomic E-state index is 12.5. The number of carbonyl (C=O) groups is 2. The van der Waals surface area contributed by atoms with Gasteiger partial charge in [-0.05, 0) is 6.08 Å². The van der Waals surface area contributed by atoms with Crippen LogP contribution in [0.2, 0.25) is 0 Å². The third-order valence-electron chi connectivity index (χ3n) is 3.24. The Labute approximate surface area is 139 Å². The fourth-order valence-electron chi connectivity index (χ4n) is 2.13. The zero-order valence-electron chi connectivity index (χ0n) is 12.6. The van der Waals surface area contributed by atoms with Crippen LogP contribution in [-0.2, 0) is 14.3 Å². The molecule has 1 heterocycles. The maximum Gasteiger partial charge on any atom is 0.370 e. The molecule has 0 aromatic carbocycles. The van der Waals surface area contributed by atoms with Gasteiger partial charge in [0.2, 0.25) is 5.76 Å². The van der Waals surface area contributed by atoms with Crippen LogP contribution in [0.5, 0.6) is 0 Å². The SMILES string of the molecule is NC(N)=N[C@H]1C=C(C(=O)O)O[C@@H]([C@H](O)[C@H](O)CO)[C@@H]1NC(=O)C(F)F. The van der Waals surface area contributed by atoms with E-state index in [0.717, 1.165) is 6.08 Å². The molecule has 0 radical (unpaired) electrons. The highest BCUT2D eigenvalue weighted by Crippen LogP contribution is 2.25. The third kappa shape index (κ3) is 5.23.